The Morgan fingerprint density at radius 1 is 1.00 bits per heavy atom. The Morgan fingerprint density at radius 3 is 2.14 bits per heavy atom. The third kappa shape index (κ3) is 2.87. The first-order valence-corrected chi connectivity index (χ1v) is 6.57. The standard InChI is InChI=1S/C18H17F2N/c1-11(2)12(3)13-5-7-14(8-6-13)17-15(19)9-10-16(21-4)18(17)20/h5-10,21H,1,3H2,2,4H3. The van der Waals surface area contributed by atoms with E-state index in [1.54, 1.807) is 31.3 Å². The van der Waals surface area contributed by atoms with Gasteiger partial charge in [-0.1, -0.05) is 43.0 Å². The average molecular weight is 285 g/mol. The zero-order valence-electron chi connectivity index (χ0n) is 12.1. The van der Waals surface area contributed by atoms with E-state index in [9.17, 15) is 8.78 Å². The van der Waals surface area contributed by atoms with Gasteiger partial charge in [0, 0.05) is 7.05 Å². The SMILES string of the molecule is C=C(C)C(=C)c1ccc(-c2c(F)ccc(NC)c2F)cc1. The molecule has 1 N–H and O–H groups in total. The molecule has 0 radical (unpaired) electrons. The summed E-state index contributed by atoms with van der Waals surface area (Å²) in [5.74, 6) is -1.18. The van der Waals surface area contributed by atoms with Gasteiger partial charge in [-0.05, 0) is 35.8 Å². The van der Waals surface area contributed by atoms with E-state index in [0.29, 0.717) is 5.56 Å². The van der Waals surface area contributed by atoms with Crippen LogP contribution < -0.4 is 5.32 Å². The van der Waals surface area contributed by atoms with Gasteiger partial charge in [0.2, 0.25) is 0 Å². The number of allylic oxidation sites excluding steroid dienone is 2. The molecule has 0 atom stereocenters. The smallest absolute Gasteiger partial charge is 0.157 e. The van der Waals surface area contributed by atoms with Crippen LogP contribution in [0, 0.1) is 11.6 Å². The fourth-order valence-corrected chi connectivity index (χ4v) is 2.09. The molecule has 0 fully saturated rings. The van der Waals surface area contributed by atoms with Crippen molar-refractivity contribution in [1.82, 2.24) is 0 Å². The average Bonchev–Trinajstić information content (AvgIpc) is 2.47. The summed E-state index contributed by atoms with van der Waals surface area (Å²) in [5, 5.41) is 2.71. The van der Waals surface area contributed by atoms with Crippen molar-refractivity contribution in [2.75, 3.05) is 12.4 Å². The van der Waals surface area contributed by atoms with Crippen molar-refractivity contribution in [3.05, 3.63) is 72.3 Å². The second-order valence-corrected chi connectivity index (χ2v) is 4.87. The summed E-state index contributed by atoms with van der Waals surface area (Å²) >= 11 is 0. The van der Waals surface area contributed by atoms with Crippen molar-refractivity contribution in [3.8, 4) is 11.1 Å². The fourth-order valence-electron chi connectivity index (χ4n) is 2.09. The van der Waals surface area contributed by atoms with Crippen molar-refractivity contribution < 1.29 is 8.78 Å². The van der Waals surface area contributed by atoms with Gasteiger partial charge in [0.15, 0.2) is 5.82 Å². The summed E-state index contributed by atoms with van der Waals surface area (Å²) in [6.07, 6.45) is 0. The molecule has 0 unspecified atom stereocenters. The summed E-state index contributed by atoms with van der Waals surface area (Å²) in [7, 11) is 1.60. The molecule has 0 amide bonds. The van der Waals surface area contributed by atoms with Crippen molar-refractivity contribution >= 4 is 11.3 Å². The monoisotopic (exact) mass is 285 g/mol. The minimum atomic E-state index is -0.594. The summed E-state index contributed by atoms with van der Waals surface area (Å²) in [5.41, 5.74) is 3.28. The van der Waals surface area contributed by atoms with Crippen molar-refractivity contribution in [2.24, 2.45) is 0 Å². The quantitative estimate of drug-likeness (QED) is 0.755. The highest BCUT2D eigenvalue weighted by atomic mass is 19.1. The maximum Gasteiger partial charge on any atom is 0.157 e. The van der Waals surface area contributed by atoms with E-state index in [4.69, 9.17) is 0 Å². The summed E-state index contributed by atoms with van der Waals surface area (Å²) < 4.78 is 28.2. The minimum absolute atomic E-state index is 0.0330. The predicted molar refractivity (Wildman–Crippen MR) is 85.2 cm³/mol. The molecular weight excluding hydrogens is 268 g/mol. The van der Waals surface area contributed by atoms with Crippen LogP contribution in [0.3, 0.4) is 0 Å². The molecule has 0 aliphatic heterocycles. The Bertz CT molecular complexity index is 700. The van der Waals surface area contributed by atoms with E-state index in [2.05, 4.69) is 18.5 Å². The molecule has 3 heteroatoms. The number of hydrogen-bond acceptors (Lipinski definition) is 1. The summed E-state index contributed by atoms with van der Waals surface area (Å²) in [4.78, 5) is 0. The van der Waals surface area contributed by atoms with Crippen molar-refractivity contribution in [1.29, 1.82) is 0 Å². The number of benzene rings is 2. The highest BCUT2D eigenvalue weighted by Crippen LogP contribution is 2.31. The van der Waals surface area contributed by atoms with Gasteiger partial charge in [0.05, 0.1) is 11.3 Å². The second kappa shape index (κ2) is 5.92. The fraction of sp³-hybridized carbons (Fsp3) is 0.111. The van der Waals surface area contributed by atoms with E-state index in [-0.39, 0.29) is 11.3 Å². The number of rotatable bonds is 4. The van der Waals surface area contributed by atoms with Crippen LogP contribution in [0.2, 0.25) is 0 Å². The van der Waals surface area contributed by atoms with Crippen LogP contribution in [0.25, 0.3) is 16.7 Å². The van der Waals surface area contributed by atoms with Gasteiger partial charge in [-0.2, -0.15) is 0 Å². The van der Waals surface area contributed by atoms with Gasteiger partial charge in [0.1, 0.15) is 5.82 Å². The molecule has 0 aliphatic rings. The Kier molecular flexibility index (Phi) is 4.22. The number of nitrogens with one attached hydrogen (secondary N) is 1. The van der Waals surface area contributed by atoms with Crippen LogP contribution in [0.4, 0.5) is 14.5 Å². The molecule has 0 heterocycles. The zero-order valence-corrected chi connectivity index (χ0v) is 12.1. The summed E-state index contributed by atoms with van der Waals surface area (Å²) in [6.45, 7) is 9.63. The first kappa shape index (κ1) is 15.0. The van der Waals surface area contributed by atoms with Crippen LogP contribution in [0.1, 0.15) is 12.5 Å². The van der Waals surface area contributed by atoms with E-state index in [1.807, 2.05) is 6.92 Å². The van der Waals surface area contributed by atoms with E-state index in [1.165, 1.54) is 12.1 Å². The first-order chi connectivity index (χ1) is 9.95. The second-order valence-electron chi connectivity index (χ2n) is 4.87. The van der Waals surface area contributed by atoms with Gasteiger partial charge >= 0.3 is 0 Å². The van der Waals surface area contributed by atoms with Gasteiger partial charge in [0.25, 0.3) is 0 Å². The van der Waals surface area contributed by atoms with Crippen LogP contribution in [0.5, 0.6) is 0 Å². The van der Waals surface area contributed by atoms with Gasteiger partial charge in [-0.3, -0.25) is 0 Å². The molecule has 21 heavy (non-hydrogen) atoms. The number of halogens is 2. The third-order valence-electron chi connectivity index (χ3n) is 3.40. The van der Waals surface area contributed by atoms with Gasteiger partial charge < -0.3 is 5.32 Å². The molecule has 2 aromatic rings. The molecule has 0 spiro atoms. The maximum absolute atomic E-state index is 14.3. The zero-order chi connectivity index (χ0) is 15.6. The topological polar surface area (TPSA) is 12.0 Å². The highest BCUT2D eigenvalue weighted by Gasteiger charge is 2.15. The van der Waals surface area contributed by atoms with Crippen LogP contribution in [0.15, 0.2) is 55.1 Å². The Balaban J connectivity index is 2.49. The van der Waals surface area contributed by atoms with Crippen LogP contribution in [-0.2, 0) is 0 Å². The Labute approximate surface area is 123 Å². The highest BCUT2D eigenvalue weighted by molar-refractivity contribution is 5.78. The lowest BCUT2D eigenvalue weighted by Gasteiger charge is -2.11. The lowest BCUT2D eigenvalue weighted by molar-refractivity contribution is 0.592. The molecule has 2 rings (SSSR count). The van der Waals surface area contributed by atoms with E-state index in [0.717, 1.165) is 16.7 Å². The van der Waals surface area contributed by atoms with Crippen LogP contribution in [-0.4, -0.2) is 7.05 Å². The molecule has 0 aliphatic carbocycles. The van der Waals surface area contributed by atoms with Crippen LogP contribution >= 0.6 is 0 Å². The largest absolute Gasteiger partial charge is 0.386 e. The maximum atomic E-state index is 14.3. The number of hydrogen-bond donors (Lipinski definition) is 1. The lowest BCUT2D eigenvalue weighted by atomic mass is 9.97. The van der Waals surface area contributed by atoms with E-state index < -0.39 is 11.6 Å². The van der Waals surface area contributed by atoms with Crippen molar-refractivity contribution in [2.45, 2.75) is 6.92 Å². The van der Waals surface area contributed by atoms with Gasteiger partial charge in [-0.15, -0.1) is 0 Å². The molecule has 0 saturated heterocycles. The molecule has 2 aromatic carbocycles. The molecule has 0 saturated carbocycles. The Hall–Kier alpha value is -2.42. The Morgan fingerprint density at radius 2 is 1.62 bits per heavy atom. The molecular formula is C18H17F2N. The van der Waals surface area contributed by atoms with Gasteiger partial charge in [-0.25, -0.2) is 8.78 Å². The molecule has 108 valence electrons. The number of anilines is 1. The predicted octanol–water partition coefficient (Wildman–Crippen LogP) is 5.26. The summed E-state index contributed by atoms with van der Waals surface area (Å²) in [6, 6.07) is 9.58. The molecule has 0 aromatic heterocycles. The van der Waals surface area contributed by atoms with E-state index >= 15 is 0 Å². The normalized spacial score (nSPS) is 10.3. The molecule has 0 bridgehead atoms. The first-order valence-electron chi connectivity index (χ1n) is 6.57. The van der Waals surface area contributed by atoms with Crippen molar-refractivity contribution in [3.63, 3.8) is 0 Å². The molecule has 1 nitrogen and oxygen atoms in total. The third-order valence-corrected chi connectivity index (χ3v) is 3.40. The minimum Gasteiger partial charge on any atom is -0.386 e. The lowest BCUT2D eigenvalue weighted by Crippen LogP contribution is -1.97.